The van der Waals surface area contributed by atoms with Crippen LogP contribution in [0.25, 0.3) is 0 Å². The predicted octanol–water partition coefficient (Wildman–Crippen LogP) is 0.110. The van der Waals surface area contributed by atoms with Crippen molar-refractivity contribution in [2.45, 2.75) is 66.1 Å². The molecule has 1 heterocycles. The first-order valence-corrected chi connectivity index (χ1v) is 11.3. The molecule has 0 radical (unpaired) electrons. The number of aryl methyl sites for hydroxylation is 1. The molecule has 0 unspecified atom stereocenters. The SMILES string of the molecule is CCNCCNC(=O)CCN(CCC(=O)NCCNC(C)(C)C)Cc1cn(CC)nn1. The minimum atomic E-state index is 0.00742. The van der Waals surface area contributed by atoms with Crippen LogP contribution in [0.3, 0.4) is 0 Å². The largest absolute Gasteiger partial charge is 0.355 e. The first kappa shape index (κ1) is 27.0. The molecule has 31 heavy (non-hydrogen) atoms. The lowest BCUT2D eigenvalue weighted by atomic mass is 10.1. The van der Waals surface area contributed by atoms with Crippen LogP contribution in [0.1, 0.15) is 53.2 Å². The number of hydrogen-bond donors (Lipinski definition) is 4. The van der Waals surface area contributed by atoms with E-state index in [1.807, 2.05) is 20.0 Å². The van der Waals surface area contributed by atoms with E-state index in [0.29, 0.717) is 45.6 Å². The fourth-order valence-corrected chi connectivity index (χ4v) is 2.87. The van der Waals surface area contributed by atoms with Gasteiger partial charge in [0.25, 0.3) is 0 Å². The summed E-state index contributed by atoms with van der Waals surface area (Å²) in [6.07, 6.45) is 2.66. The second kappa shape index (κ2) is 14.9. The van der Waals surface area contributed by atoms with Gasteiger partial charge in [0.2, 0.25) is 11.8 Å². The van der Waals surface area contributed by atoms with Gasteiger partial charge in [-0.3, -0.25) is 19.2 Å². The molecule has 0 aliphatic carbocycles. The van der Waals surface area contributed by atoms with Crippen LogP contribution in [0.15, 0.2) is 6.20 Å². The fourth-order valence-electron chi connectivity index (χ4n) is 2.87. The highest BCUT2D eigenvalue weighted by Gasteiger charge is 2.14. The summed E-state index contributed by atoms with van der Waals surface area (Å²) in [7, 11) is 0. The number of aromatic nitrogens is 3. The molecule has 0 spiro atoms. The lowest BCUT2D eigenvalue weighted by molar-refractivity contribution is -0.121. The first-order chi connectivity index (χ1) is 14.7. The molecule has 4 N–H and O–H groups in total. The van der Waals surface area contributed by atoms with Gasteiger partial charge in [0.1, 0.15) is 0 Å². The lowest BCUT2D eigenvalue weighted by Gasteiger charge is -2.22. The zero-order valence-corrected chi connectivity index (χ0v) is 20.0. The Morgan fingerprint density at radius 3 is 2.13 bits per heavy atom. The highest BCUT2D eigenvalue weighted by molar-refractivity contribution is 5.76. The maximum Gasteiger partial charge on any atom is 0.221 e. The number of nitrogens with one attached hydrogen (secondary N) is 4. The quantitative estimate of drug-likeness (QED) is 0.271. The molecule has 1 aromatic heterocycles. The molecule has 0 fully saturated rings. The van der Waals surface area contributed by atoms with Gasteiger partial charge in [-0.1, -0.05) is 12.1 Å². The summed E-state index contributed by atoms with van der Waals surface area (Å²) in [6.45, 7) is 16.3. The molecule has 10 nitrogen and oxygen atoms in total. The molecule has 0 atom stereocenters. The Kier molecular flexibility index (Phi) is 13.0. The van der Waals surface area contributed by atoms with Gasteiger partial charge in [-0.2, -0.15) is 0 Å². The third-order valence-electron chi connectivity index (χ3n) is 4.58. The molecule has 10 heteroatoms. The Hall–Kier alpha value is -2.04. The summed E-state index contributed by atoms with van der Waals surface area (Å²) in [5, 5.41) is 20.7. The summed E-state index contributed by atoms with van der Waals surface area (Å²) >= 11 is 0. The molecule has 0 saturated heterocycles. The van der Waals surface area contributed by atoms with E-state index in [4.69, 9.17) is 0 Å². The van der Waals surface area contributed by atoms with E-state index in [1.165, 1.54) is 0 Å². The monoisotopic (exact) mass is 438 g/mol. The van der Waals surface area contributed by atoms with E-state index >= 15 is 0 Å². The van der Waals surface area contributed by atoms with Crippen molar-refractivity contribution in [1.29, 1.82) is 0 Å². The maximum atomic E-state index is 12.2. The van der Waals surface area contributed by atoms with Crippen molar-refractivity contribution < 1.29 is 9.59 Å². The van der Waals surface area contributed by atoms with Gasteiger partial charge in [0, 0.05) is 76.9 Å². The topological polar surface area (TPSA) is 116 Å². The average Bonchev–Trinajstić information content (AvgIpc) is 3.17. The highest BCUT2D eigenvalue weighted by Crippen LogP contribution is 2.04. The number of amides is 2. The Labute approximate surface area is 186 Å². The zero-order valence-electron chi connectivity index (χ0n) is 20.0. The predicted molar refractivity (Wildman–Crippen MR) is 123 cm³/mol. The lowest BCUT2D eigenvalue weighted by Crippen LogP contribution is -2.41. The molecular weight excluding hydrogens is 396 g/mol. The van der Waals surface area contributed by atoms with E-state index in [9.17, 15) is 9.59 Å². The molecule has 1 aromatic rings. The minimum Gasteiger partial charge on any atom is -0.355 e. The van der Waals surface area contributed by atoms with Crippen LogP contribution >= 0.6 is 0 Å². The highest BCUT2D eigenvalue weighted by atomic mass is 16.2. The summed E-state index contributed by atoms with van der Waals surface area (Å²) in [5.74, 6) is 0.0193. The Balaban J connectivity index is 2.46. The van der Waals surface area contributed by atoms with Crippen LogP contribution in [0.2, 0.25) is 0 Å². The Bertz CT molecular complexity index is 642. The number of likely N-dealkylation sites (N-methyl/N-ethyl adjacent to an activating group) is 1. The summed E-state index contributed by atoms with van der Waals surface area (Å²) < 4.78 is 1.77. The van der Waals surface area contributed by atoms with Crippen LogP contribution in [-0.2, 0) is 22.7 Å². The number of nitrogens with zero attached hydrogens (tertiary/aromatic N) is 4. The van der Waals surface area contributed by atoms with Crippen LogP contribution in [-0.4, -0.2) is 83.1 Å². The van der Waals surface area contributed by atoms with Crippen LogP contribution < -0.4 is 21.3 Å². The number of rotatable bonds is 16. The summed E-state index contributed by atoms with van der Waals surface area (Å²) in [5.41, 5.74) is 0.870. The van der Waals surface area contributed by atoms with Gasteiger partial charge < -0.3 is 21.3 Å². The van der Waals surface area contributed by atoms with Gasteiger partial charge in [-0.15, -0.1) is 5.10 Å². The van der Waals surface area contributed by atoms with Crippen molar-refractivity contribution in [1.82, 2.24) is 41.2 Å². The first-order valence-electron chi connectivity index (χ1n) is 11.3. The van der Waals surface area contributed by atoms with Crippen molar-refractivity contribution in [3.63, 3.8) is 0 Å². The molecule has 0 aliphatic heterocycles. The third kappa shape index (κ3) is 13.8. The van der Waals surface area contributed by atoms with E-state index in [2.05, 4.69) is 57.3 Å². The van der Waals surface area contributed by atoms with Crippen molar-refractivity contribution in [3.8, 4) is 0 Å². The second-order valence-electron chi connectivity index (χ2n) is 8.57. The molecular formula is C21H42N8O2. The van der Waals surface area contributed by atoms with Gasteiger partial charge >= 0.3 is 0 Å². The van der Waals surface area contributed by atoms with Gasteiger partial charge in [-0.05, 0) is 34.2 Å². The van der Waals surface area contributed by atoms with E-state index in [0.717, 1.165) is 31.9 Å². The van der Waals surface area contributed by atoms with Gasteiger partial charge in [0.15, 0.2) is 0 Å². The fraction of sp³-hybridized carbons (Fsp3) is 0.810. The molecule has 0 aromatic carbocycles. The van der Waals surface area contributed by atoms with Crippen LogP contribution in [0.4, 0.5) is 0 Å². The van der Waals surface area contributed by atoms with Crippen molar-refractivity contribution in [3.05, 3.63) is 11.9 Å². The molecule has 1 rings (SSSR count). The second-order valence-corrected chi connectivity index (χ2v) is 8.57. The van der Waals surface area contributed by atoms with Gasteiger partial charge in [-0.25, -0.2) is 0 Å². The Morgan fingerprint density at radius 2 is 1.61 bits per heavy atom. The number of carbonyl (C=O) groups excluding carboxylic acids is 2. The normalized spacial score (nSPS) is 11.7. The molecule has 178 valence electrons. The Morgan fingerprint density at radius 1 is 1.00 bits per heavy atom. The molecule has 0 saturated carbocycles. The molecule has 0 bridgehead atoms. The zero-order chi connectivity index (χ0) is 23.1. The van der Waals surface area contributed by atoms with Gasteiger partial charge in [0.05, 0.1) is 5.69 Å². The third-order valence-corrected chi connectivity index (χ3v) is 4.58. The number of hydrogen-bond acceptors (Lipinski definition) is 7. The van der Waals surface area contributed by atoms with Crippen molar-refractivity contribution in [2.24, 2.45) is 0 Å². The van der Waals surface area contributed by atoms with E-state index in [1.54, 1.807) is 4.68 Å². The van der Waals surface area contributed by atoms with Crippen molar-refractivity contribution >= 4 is 11.8 Å². The average molecular weight is 439 g/mol. The minimum absolute atomic E-state index is 0.00742. The van der Waals surface area contributed by atoms with Crippen molar-refractivity contribution in [2.75, 3.05) is 45.8 Å². The molecule has 0 aliphatic rings. The van der Waals surface area contributed by atoms with Crippen LogP contribution in [0, 0.1) is 0 Å². The molecule has 2 amide bonds. The maximum absolute atomic E-state index is 12.2. The van der Waals surface area contributed by atoms with E-state index < -0.39 is 0 Å². The smallest absolute Gasteiger partial charge is 0.221 e. The van der Waals surface area contributed by atoms with E-state index in [-0.39, 0.29) is 17.4 Å². The number of carbonyl (C=O) groups is 2. The standard InChI is InChI=1S/C21H42N8O2/c1-6-22-10-11-23-19(30)8-14-28(16-18-17-29(7-2)27-26-18)15-9-20(31)24-12-13-25-21(3,4)5/h17,22,25H,6-16H2,1-5H3,(H,23,30)(H,24,31). The summed E-state index contributed by atoms with van der Waals surface area (Å²) in [6, 6.07) is 0. The van der Waals surface area contributed by atoms with Crippen LogP contribution in [0.5, 0.6) is 0 Å². The summed E-state index contributed by atoms with van der Waals surface area (Å²) in [4.78, 5) is 26.4.